The standard InChI is InChI=1S/C12H9ClN2O3S/c1-14-10-7-8(13)4-5-11(10)19(17,18)15-6-2-3-9(15)12(14)16/h2-7H,1H3. The van der Waals surface area contributed by atoms with E-state index in [0.29, 0.717) is 5.02 Å². The zero-order valence-electron chi connectivity index (χ0n) is 9.87. The number of hydrogen-bond donors (Lipinski definition) is 0. The average Bonchev–Trinajstić information content (AvgIpc) is 2.84. The molecule has 1 aromatic heterocycles. The van der Waals surface area contributed by atoms with Gasteiger partial charge in [-0.25, -0.2) is 12.4 Å². The number of aromatic nitrogens is 1. The normalized spacial score (nSPS) is 16.7. The SMILES string of the molecule is CN1C(=O)c2cccn2S(=O)(=O)c2ccc(Cl)cc21. The maximum Gasteiger partial charge on any atom is 0.275 e. The van der Waals surface area contributed by atoms with E-state index in [1.165, 1.54) is 48.5 Å². The van der Waals surface area contributed by atoms with Crippen LogP contribution < -0.4 is 4.90 Å². The molecule has 0 bridgehead atoms. The first kappa shape index (κ1) is 12.3. The molecular formula is C12H9ClN2O3S. The maximum atomic E-state index is 12.5. The molecule has 0 saturated heterocycles. The lowest BCUT2D eigenvalue weighted by Crippen LogP contribution is -2.26. The summed E-state index contributed by atoms with van der Waals surface area (Å²) in [5.74, 6) is -0.394. The Bertz CT molecular complexity index is 795. The van der Waals surface area contributed by atoms with Crippen molar-refractivity contribution in [2.75, 3.05) is 11.9 Å². The van der Waals surface area contributed by atoms with Crippen LogP contribution in [0.2, 0.25) is 5.02 Å². The molecule has 98 valence electrons. The van der Waals surface area contributed by atoms with Gasteiger partial charge in [0.1, 0.15) is 10.6 Å². The van der Waals surface area contributed by atoms with Gasteiger partial charge in [-0.15, -0.1) is 0 Å². The molecule has 2 heterocycles. The van der Waals surface area contributed by atoms with Gasteiger partial charge in [0.15, 0.2) is 0 Å². The van der Waals surface area contributed by atoms with Crippen LogP contribution in [0.25, 0.3) is 0 Å². The third-order valence-corrected chi connectivity index (χ3v) is 5.03. The van der Waals surface area contributed by atoms with Crippen molar-refractivity contribution in [3.05, 3.63) is 47.2 Å². The topological polar surface area (TPSA) is 59.4 Å². The smallest absolute Gasteiger partial charge is 0.275 e. The van der Waals surface area contributed by atoms with Crippen LogP contribution in [0.1, 0.15) is 10.5 Å². The van der Waals surface area contributed by atoms with E-state index in [1.807, 2.05) is 0 Å². The molecule has 0 atom stereocenters. The van der Waals surface area contributed by atoms with Crippen molar-refractivity contribution in [3.63, 3.8) is 0 Å². The maximum absolute atomic E-state index is 12.5. The molecule has 0 radical (unpaired) electrons. The Morgan fingerprint density at radius 1 is 1.21 bits per heavy atom. The van der Waals surface area contributed by atoms with Crippen molar-refractivity contribution in [1.82, 2.24) is 3.97 Å². The van der Waals surface area contributed by atoms with Gasteiger partial charge in [0.25, 0.3) is 15.9 Å². The summed E-state index contributed by atoms with van der Waals surface area (Å²) in [6.45, 7) is 0. The molecule has 0 spiro atoms. The molecule has 2 aromatic rings. The molecule has 5 nitrogen and oxygen atoms in total. The van der Waals surface area contributed by atoms with Crippen molar-refractivity contribution in [3.8, 4) is 0 Å². The Balaban J connectivity index is 2.44. The first-order valence-corrected chi connectivity index (χ1v) is 7.25. The van der Waals surface area contributed by atoms with E-state index in [1.54, 1.807) is 0 Å². The van der Waals surface area contributed by atoms with Crippen LogP contribution in [0, 0.1) is 0 Å². The third-order valence-electron chi connectivity index (χ3n) is 3.06. The molecule has 0 unspecified atom stereocenters. The van der Waals surface area contributed by atoms with Gasteiger partial charge >= 0.3 is 0 Å². The van der Waals surface area contributed by atoms with Gasteiger partial charge in [-0.05, 0) is 30.3 Å². The van der Waals surface area contributed by atoms with E-state index < -0.39 is 15.9 Å². The number of amides is 1. The largest absolute Gasteiger partial charge is 0.309 e. The number of carbonyl (C=O) groups is 1. The van der Waals surface area contributed by atoms with E-state index >= 15 is 0 Å². The highest BCUT2D eigenvalue weighted by atomic mass is 35.5. The number of halogens is 1. The Labute approximate surface area is 115 Å². The van der Waals surface area contributed by atoms with Crippen molar-refractivity contribution in [1.29, 1.82) is 0 Å². The van der Waals surface area contributed by atoms with E-state index in [-0.39, 0.29) is 16.3 Å². The van der Waals surface area contributed by atoms with E-state index in [2.05, 4.69) is 0 Å². The highest BCUT2D eigenvalue weighted by molar-refractivity contribution is 7.90. The first-order chi connectivity index (χ1) is 8.93. The lowest BCUT2D eigenvalue weighted by Gasteiger charge is -2.16. The predicted molar refractivity (Wildman–Crippen MR) is 71.2 cm³/mol. The van der Waals surface area contributed by atoms with Gasteiger partial charge in [0.05, 0.1) is 5.69 Å². The van der Waals surface area contributed by atoms with Crippen LogP contribution in [0.5, 0.6) is 0 Å². The first-order valence-electron chi connectivity index (χ1n) is 5.43. The number of fused-ring (bicyclic) bond motifs is 2. The third kappa shape index (κ3) is 1.60. The number of nitrogens with zero attached hydrogens (tertiary/aromatic N) is 2. The predicted octanol–water partition coefficient (Wildman–Crippen LogP) is 1.97. The quantitative estimate of drug-likeness (QED) is 0.747. The van der Waals surface area contributed by atoms with Gasteiger partial charge < -0.3 is 4.90 Å². The zero-order chi connectivity index (χ0) is 13.8. The molecule has 0 fully saturated rings. The Morgan fingerprint density at radius 2 is 1.95 bits per heavy atom. The molecule has 1 aliphatic heterocycles. The van der Waals surface area contributed by atoms with Crippen molar-refractivity contribution in [2.45, 2.75) is 4.90 Å². The number of hydrogen-bond acceptors (Lipinski definition) is 3. The number of rotatable bonds is 0. The summed E-state index contributed by atoms with van der Waals surface area (Å²) < 4.78 is 26.0. The van der Waals surface area contributed by atoms with Crippen molar-refractivity contribution < 1.29 is 13.2 Å². The van der Waals surface area contributed by atoms with Gasteiger partial charge in [0.2, 0.25) is 0 Å². The zero-order valence-corrected chi connectivity index (χ0v) is 11.4. The monoisotopic (exact) mass is 296 g/mol. The molecule has 1 aromatic carbocycles. The Morgan fingerprint density at radius 3 is 2.68 bits per heavy atom. The molecule has 0 N–H and O–H groups in total. The molecule has 1 amide bonds. The van der Waals surface area contributed by atoms with Gasteiger partial charge in [-0.1, -0.05) is 11.6 Å². The summed E-state index contributed by atoms with van der Waals surface area (Å²) in [7, 11) is -2.26. The lowest BCUT2D eigenvalue weighted by molar-refractivity contribution is 0.0988. The summed E-state index contributed by atoms with van der Waals surface area (Å²) in [6.07, 6.45) is 1.36. The molecule has 0 aliphatic carbocycles. The lowest BCUT2D eigenvalue weighted by atomic mass is 10.2. The van der Waals surface area contributed by atoms with Crippen LogP contribution in [-0.2, 0) is 10.0 Å². The minimum absolute atomic E-state index is 0.0581. The molecular weight excluding hydrogens is 288 g/mol. The molecule has 7 heteroatoms. The summed E-state index contributed by atoms with van der Waals surface area (Å²) >= 11 is 5.88. The second kappa shape index (κ2) is 3.85. The molecule has 0 saturated carbocycles. The van der Waals surface area contributed by atoms with Crippen LogP contribution in [-0.4, -0.2) is 25.3 Å². The number of anilines is 1. The summed E-state index contributed by atoms with van der Waals surface area (Å²) in [6, 6.07) is 7.37. The second-order valence-corrected chi connectivity index (χ2v) is 6.39. The number of carbonyl (C=O) groups excluding carboxylic acids is 1. The molecule has 3 rings (SSSR count). The highest BCUT2D eigenvalue weighted by Gasteiger charge is 2.33. The fourth-order valence-corrected chi connectivity index (χ4v) is 3.81. The van der Waals surface area contributed by atoms with Crippen LogP contribution in [0.3, 0.4) is 0 Å². The minimum Gasteiger partial charge on any atom is -0.309 e. The van der Waals surface area contributed by atoms with Gasteiger partial charge in [-0.2, -0.15) is 0 Å². The second-order valence-electron chi connectivity index (χ2n) is 4.17. The fourth-order valence-electron chi connectivity index (χ4n) is 2.10. The summed E-state index contributed by atoms with van der Waals surface area (Å²) in [5, 5.41) is 0.375. The fraction of sp³-hybridized carbons (Fsp3) is 0.0833. The Kier molecular flexibility index (Phi) is 2.48. The van der Waals surface area contributed by atoms with Crippen LogP contribution >= 0.6 is 11.6 Å². The summed E-state index contributed by atoms with van der Waals surface area (Å²) in [4.78, 5) is 13.6. The molecule has 19 heavy (non-hydrogen) atoms. The van der Waals surface area contributed by atoms with E-state index in [0.717, 1.165) is 3.97 Å². The minimum atomic E-state index is -3.78. The van der Waals surface area contributed by atoms with Crippen LogP contribution in [0.15, 0.2) is 41.4 Å². The highest BCUT2D eigenvalue weighted by Crippen LogP contribution is 2.33. The van der Waals surface area contributed by atoms with Crippen molar-refractivity contribution in [2.24, 2.45) is 0 Å². The average molecular weight is 297 g/mol. The number of benzene rings is 1. The molecule has 1 aliphatic rings. The summed E-state index contributed by atoms with van der Waals surface area (Å²) in [5.41, 5.74) is 0.385. The van der Waals surface area contributed by atoms with Gasteiger partial charge in [0, 0.05) is 18.3 Å². The Hall–Kier alpha value is -1.79. The van der Waals surface area contributed by atoms with Crippen molar-refractivity contribution >= 4 is 33.2 Å². The van der Waals surface area contributed by atoms with E-state index in [4.69, 9.17) is 11.6 Å². The van der Waals surface area contributed by atoms with Gasteiger partial charge in [-0.3, -0.25) is 4.79 Å². The van der Waals surface area contributed by atoms with E-state index in [9.17, 15) is 13.2 Å². The van der Waals surface area contributed by atoms with Crippen LogP contribution in [0.4, 0.5) is 5.69 Å².